The Hall–Kier alpha value is -12.6. The van der Waals surface area contributed by atoms with Gasteiger partial charge in [0.05, 0.1) is 93.4 Å². The third-order valence-electron chi connectivity index (χ3n) is 16.2. The van der Waals surface area contributed by atoms with Crippen LogP contribution in [0.25, 0.3) is 49.8 Å². The van der Waals surface area contributed by atoms with Crippen LogP contribution in [0.4, 0.5) is 0 Å². The topological polar surface area (TPSA) is 449 Å². The Kier molecular flexibility index (Phi) is 22.9. The predicted molar refractivity (Wildman–Crippen MR) is 421 cm³/mol. The number of halogens is 7. The fourth-order valence-electron chi connectivity index (χ4n) is 10.8. The fraction of sp³-hybridized carbons (Fsp3) is 0.0556. The number of methoxy groups -OCH3 is 2. The zero-order valence-corrected chi connectivity index (χ0v) is 65.7. The van der Waals surface area contributed by atoms with Crippen LogP contribution in [0.15, 0.2) is 197 Å². The van der Waals surface area contributed by atoms with Crippen molar-refractivity contribution in [3.05, 3.63) is 294 Å². The molecule has 0 saturated heterocycles. The van der Waals surface area contributed by atoms with Gasteiger partial charge in [0.15, 0.2) is 17.2 Å². The standard InChI is InChI=1S/C27H17Cl2N5O7S.C25H14Cl2IN5O5S.C20H11Cl2N5O5/c1-14-3-6-17(7-4-14)42(38,39)33-13-19(26(36)40-2)18-11-16(5-8-23(18)33)41-24-20(28)9-15(10-21(24)29)34-27(37)31-25(35)22(12-30)32-34;1-13-2-5-16(6-3-13)39(36,37)32-12-20(28)17-10-15(4-7-22(17)32)38-23-18(26)8-14(9-19(23)27)33-25(35)30-24(34)21(11-29)31-33;1-31-19(29)12-8-24-15-3-2-10(6-11(12)15)32-17-13(21)4-9(5-14(17)22)27-20(30)25-18(28)16(7-23)26-27/h3-11,13H,1-2H3,(H,31,35,37);2-10,12H,1H3,(H,30,34,35);2-6,8,24H,1H3,(H,25,28,30). The number of aromatic nitrogens is 12. The maximum atomic E-state index is 13.5. The Bertz CT molecular complexity index is 7050. The number of nitriles is 3. The third kappa shape index (κ3) is 16.2. The molecule has 568 valence electrons. The molecule has 0 aliphatic heterocycles. The minimum Gasteiger partial charge on any atom is -0.465 e. The van der Waals surface area contributed by atoms with Crippen molar-refractivity contribution in [1.82, 2.24) is 57.2 Å². The van der Waals surface area contributed by atoms with Crippen molar-refractivity contribution in [2.45, 2.75) is 23.6 Å². The lowest BCUT2D eigenvalue weighted by Gasteiger charge is -2.13. The van der Waals surface area contributed by atoms with E-state index in [9.17, 15) is 55.2 Å². The molecule has 32 nitrogen and oxygen atoms in total. The van der Waals surface area contributed by atoms with Crippen LogP contribution in [0.5, 0.6) is 34.5 Å². The quantitative estimate of drug-likeness (QED) is 0.0547. The summed E-state index contributed by atoms with van der Waals surface area (Å²) < 4.78 is 86.0. The van der Waals surface area contributed by atoms with E-state index in [1.54, 1.807) is 91.0 Å². The van der Waals surface area contributed by atoms with Crippen molar-refractivity contribution in [3.8, 4) is 69.8 Å². The molecule has 0 bridgehead atoms. The van der Waals surface area contributed by atoms with Gasteiger partial charge < -0.3 is 28.7 Å². The number of benzene rings is 8. The van der Waals surface area contributed by atoms with E-state index in [2.05, 4.69) is 20.3 Å². The molecule has 0 unspecified atom stereocenters. The minimum atomic E-state index is -4.08. The third-order valence-corrected chi connectivity index (χ3v) is 22.1. The number of carbonyl (C=O) groups excluding carboxylic acids is 2. The summed E-state index contributed by atoms with van der Waals surface area (Å²) in [4.78, 5) is 105. The van der Waals surface area contributed by atoms with Gasteiger partial charge in [0.2, 0.25) is 17.1 Å². The summed E-state index contributed by atoms with van der Waals surface area (Å²) in [5, 5.41) is 39.7. The molecule has 14 rings (SSSR count). The lowest BCUT2D eigenvalue weighted by Crippen LogP contribution is -2.33. The summed E-state index contributed by atoms with van der Waals surface area (Å²) in [6.45, 7) is 3.71. The Labute approximate surface area is 676 Å². The molecular weight excluding hydrogens is 1750 g/mol. The van der Waals surface area contributed by atoms with E-state index in [1.807, 2.05) is 51.4 Å². The van der Waals surface area contributed by atoms with Gasteiger partial charge in [0.25, 0.3) is 36.7 Å². The first-order valence-corrected chi connectivity index (χ1v) is 37.8. The molecule has 0 aliphatic rings. The minimum absolute atomic E-state index is 0.0187. The molecule has 6 aromatic heterocycles. The molecular formula is C72H42Cl6IN15O17S2. The molecule has 0 spiro atoms. The van der Waals surface area contributed by atoms with Gasteiger partial charge in [-0.05, 0) is 152 Å². The van der Waals surface area contributed by atoms with Gasteiger partial charge in [0, 0.05) is 43.8 Å². The van der Waals surface area contributed by atoms with Crippen molar-refractivity contribution < 1.29 is 50.1 Å². The molecule has 6 heterocycles. The first-order valence-electron chi connectivity index (χ1n) is 31.6. The number of hydrogen-bond donors (Lipinski definition) is 4. The van der Waals surface area contributed by atoms with E-state index in [1.165, 1.54) is 104 Å². The highest BCUT2D eigenvalue weighted by Crippen LogP contribution is 2.43. The van der Waals surface area contributed by atoms with E-state index < -0.39 is 82.8 Å². The molecule has 113 heavy (non-hydrogen) atoms. The van der Waals surface area contributed by atoms with Gasteiger partial charge in [-0.3, -0.25) is 29.3 Å². The summed E-state index contributed by atoms with van der Waals surface area (Å²) in [7, 11) is -5.46. The second kappa shape index (κ2) is 32.4. The maximum Gasteiger partial charge on any atom is 0.349 e. The van der Waals surface area contributed by atoms with E-state index >= 15 is 0 Å². The summed E-state index contributed by atoms with van der Waals surface area (Å²) in [5.74, 6) is -0.355. The smallest absolute Gasteiger partial charge is 0.349 e. The largest absolute Gasteiger partial charge is 0.465 e. The van der Waals surface area contributed by atoms with Crippen LogP contribution in [0.2, 0.25) is 30.1 Å². The predicted octanol–water partition coefficient (Wildman–Crippen LogP) is 12.3. The Morgan fingerprint density at radius 2 is 0.770 bits per heavy atom. The second-order valence-electron chi connectivity index (χ2n) is 23.4. The van der Waals surface area contributed by atoms with Crippen LogP contribution < -0.4 is 48.0 Å². The lowest BCUT2D eigenvalue weighted by molar-refractivity contribution is 0.0594. The number of aryl methyl sites for hydroxylation is 2. The SMILES string of the molecule is COC(=O)c1c[nH]c2ccc(Oc3c(Cl)cc(-n4nc(C#N)c(=O)[nH]c4=O)cc3Cl)cc12.COC(=O)c1cn(S(=O)(=O)c2ccc(C)cc2)c2ccc(Oc3c(Cl)cc(-n4nc(C#N)c(=O)[nH]c4=O)cc3Cl)cc12.Cc1ccc(S(=O)(=O)n2cc(I)c3cc(Oc4c(Cl)cc(-n5nc(C#N)c(=O)[nH]c5=O)cc4Cl)ccc32)cc1. The summed E-state index contributed by atoms with van der Waals surface area (Å²) in [6, 6.07) is 39.7. The molecule has 14 aromatic rings. The zero-order valence-electron chi connectivity index (χ0n) is 57.3. The number of H-pyrrole nitrogens is 4. The number of rotatable bonds is 15. The van der Waals surface area contributed by atoms with E-state index in [4.69, 9.17) is 109 Å². The van der Waals surface area contributed by atoms with E-state index in [0.29, 0.717) is 42.4 Å². The number of carbonyl (C=O) groups is 2. The molecule has 0 fully saturated rings. The van der Waals surface area contributed by atoms with Crippen molar-refractivity contribution in [3.63, 3.8) is 0 Å². The highest BCUT2D eigenvalue weighted by Gasteiger charge is 2.28. The average molecular weight is 1790 g/mol. The molecule has 8 aromatic carbocycles. The van der Waals surface area contributed by atoms with Crippen molar-refractivity contribution in [1.29, 1.82) is 15.8 Å². The molecule has 0 aliphatic carbocycles. The van der Waals surface area contributed by atoms with Crippen LogP contribution in [0.3, 0.4) is 0 Å². The van der Waals surface area contributed by atoms with Crippen molar-refractivity contribution in [2.24, 2.45) is 0 Å². The van der Waals surface area contributed by atoms with Crippen LogP contribution in [-0.2, 0) is 29.5 Å². The van der Waals surface area contributed by atoms with Gasteiger partial charge in [-0.15, -0.1) is 15.3 Å². The summed E-state index contributed by atoms with van der Waals surface area (Å²) >= 11 is 40.3. The summed E-state index contributed by atoms with van der Waals surface area (Å²) in [6.07, 6.45) is 4.23. The maximum absolute atomic E-state index is 13.5. The fourth-order valence-corrected chi connectivity index (χ4v) is 16.1. The van der Waals surface area contributed by atoms with Gasteiger partial charge >= 0.3 is 29.0 Å². The summed E-state index contributed by atoms with van der Waals surface area (Å²) in [5.41, 5.74) is -3.30. The van der Waals surface area contributed by atoms with Crippen LogP contribution >= 0.6 is 92.2 Å². The monoisotopic (exact) mass is 1790 g/mol. The highest BCUT2D eigenvalue weighted by atomic mass is 127. The van der Waals surface area contributed by atoms with Crippen LogP contribution in [0, 0.1) is 51.4 Å². The van der Waals surface area contributed by atoms with E-state index in [0.717, 1.165) is 29.1 Å². The average Bonchev–Trinajstić information content (AvgIpc) is 1.63. The second-order valence-corrected chi connectivity index (χ2v) is 30.6. The van der Waals surface area contributed by atoms with Crippen molar-refractivity contribution in [2.75, 3.05) is 14.2 Å². The Morgan fingerprint density at radius 3 is 1.13 bits per heavy atom. The lowest BCUT2D eigenvalue weighted by atomic mass is 10.1. The van der Waals surface area contributed by atoms with Gasteiger partial charge in [-0.25, -0.2) is 48.8 Å². The number of ether oxygens (including phenoxy) is 5. The van der Waals surface area contributed by atoms with Crippen LogP contribution in [-0.4, -0.2) is 100 Å². The number of esters is 2. The van der Waals surface area contributed by atoms with Gasteiger partial charge in [0.1, 0.15) is 35.5 Å². The number of aromatic amines is 4. The van der Waals surface area contributed by atoms with Crippen molar-refractivity contribution >= 4 is 157 Å². The van der Waals surface area contributed by atoms with E-state index in [-0.39, 0.29) is 96.5 Å². The molecule has 4 N–H and O–H groups in total. The molecule has 0 saturated carbocycles. The molecule has 0 radical (unpaired) electrons. The molecule has 0 atom stereocenters. The molecule has 41 heteroatoms. The number of nitrogens with one attached hydrogen (secondary N) is 4. The van der Waals surface area contributed by atoms with Gasteiger partial charge in [-0.2, -0.15) is 29.8 Å². The van der Waals surface area contributed by atoms with Gasteiger partial charge in [-0.1, -0.05) is 105 Å². The van der Waals surface area contributed by atoms with Crippen LogP contribution in [0.1, 0.15) is 48.9 Å². The highest BCUT2D eigenvalue weighted by molar-refractivity contribution is 14.1. The number of nitrogens with zero attached hydrogens (tertiary/aromatic N) is 11. The first-order chi connectivity index (χ1) is 53.7. The first kappa shape index (κ1) is 79.9. The number of hydrogen-bond acceptors (Lipinski definition) is 23. The normalized spacial score (nSPS) is 11.2. The number of fused-ring (bicyclic) bond motifs is 3. The zero-order chi connectivity index (χ0) is 81.4. The Morgan fingerprint density at radius 1 is 0.442 bits per heavy atom. The molecule has 0 amide bonds. The Balaban J connectivity index is 0.000000158.